The number of imide groups is 1. The predicted molar refractivity (Wildman–Crippen MR) is 62.9 cm³/mol. The van der Waals surface area contributed by atoms with Crippen molar-refractivity contribution in [1.82, 2.24) is 25.7 Å². The molecule has 0 radical (unpaired) electrons. The van der Waals surface area contributed by atoms with Crippen molar-refractivity contribution in [2.45, 2.75) is 18.4 Å². The van der Waals surface area contributed by atoms with Gasteiger partial charge < -0.3 is 10.2 Å². The topological polar surface area (TPSA) is 107 Å². The quantitative estimate of drug-likeness (QED) is 0.580. The summed E-state index contributed by atoms with van der Waals surface area (Å²) in [7, 11) is 0. The molecule has 4 amide bonds. The molecule has 1 atom stereocenters. The Morgan fingerprint density at radius 3 is 2.95 bits per heavy atom. The van der Waals surface area contributed by atoms with E-state index in [1.807, 2.05) is 0 Å². The summed E-state index contributed by atoms with van der Waals surface area (Å²) < 4.78 is 0. The van der Waals surface area contributed by atoms with Crippen LogP contribution in [-0.2, 0) is 16.0 Å². The Kier molecular flexibility index (Phi) is 2.51. The number of aromatic amines is 1. The maximum atomic E-state index is 12.1. The van der Waals surface area contributed by atoms with Crippen molar-refractivity contribution in [3.8, 4) is 0 Å². The molecule has 1 spiro atoms. The minimum absolute atomic E-state index is 0.0879. The van der Waals surface area contributed by atoms with Crippen molar-refractivity contribution in [2.24, 2.45) is 0 Å². The molecular weight excluding hydrogens is 250 g/mol. The highest BCUT2D eigenvalue weighted by Gasteiger charge is 2.51. The highest BCUT2D eigenvalue weighted by Crippen LogP contribution is 2.24. The van der Waals surface area contributed by atoms with Crippen LogP contribution in [0.4, 0.5) is 4.79 Å². The molecule has 8 nitrogen and oxygen atoms in total. The van der Waals surface area contributed by atoms with E-state index in [0.29, 0.717) is 13.0 Å². The standard InChI is InChI=1S/C11H13N5O3/c17-8(5-7-1-3-12-15-7)16-4-2-11(6-16)9(18)13-10(19)14-11/h1,3H,2,4-6H2,(H,12,15)(H2,13,14,18,19). The maximum absolute atomic E-state index is 12.1. The third-order valence-electron chi connectivity index (χ3n) is 3.54. The van der Waals surface area contributed by atoms with Crippen molar-refractivity contribution >= 4 is 17.8 Å². The molecule has 8 heteroatoms. The first-order valence-electron chi connectivity index (χ1n) is 5.99. The number of amides is 4. The Labute approximate surface area is 108 Å². The van der Waals surface area contributed by atoms with Crippen LogP contribution in [0, 0.1) is 0 Å². The molecule has 3 N–H and O–H groups in total. The first-order valence-corrected chi connectivity index (χ1v) is 5.99. The van der Waals surface area contributed by atoms with E-state index in [1.165, 1.54) is 0 Å². The number of nitrogens with zero attached hydrogens (tertiary/aromatic N) is 2. The van der Waals surface area contributed by atoms with Gasteiger partial charge in [0.15, 0.2) is 0 Å². The molecule has 1 aromatic rings. The largest absolute Gasteiger partial charge is 0.339 e. The summed E-state index contributed by atoms with van der Waals surface area (Å²) in [5.74, 6) is -0.440. The third-order valence-corrected chi connectivity index (χ3v) is 3.54. The monoisotopic (exact) mass is 263 g/mol. The number of carbonyl (C=O) groups is 3. The van der Waals surface area contributed by atoms with Gasteiger partial charge in [-0.1, -0.05) is 0 Å². The average molecular weight is 263 g/mol. The first kappa shape index (κ1) is 11.7. The Morgan fingerprint density at radius 2 is 2.32 bits per heavy atom. The molecule has 0 aliphatic carbocycles. The molecule has 1 aromatic heterocycles. The molecule has 0 bridgehead atoms. The van der Waals surface area contributed by atoms with Gasteiger partial charge in [-0.15, -0.1) is 0 Å². The van der Waals surface area contributed by atoms with Gasteiger partial charge in [0.05, 0.1) is 13.0 Å². The highest BCUT2D eigenvalue weighted by atomic mass is 16.2. The van der Waals surface area contributed by atoms with Crippen molar-refractivity contribution < 1.29 is 14.4 Å². The number of hydrogen-bond donors (Lipinski definition) is 3. The minimum atomic E-state index is -0.944. The Bertz CT molecular complexity index is 541. The molecule has 0 aromatic carbocycles. The van der Waals surface area contributed by atoms with E-state index < -0.39 is 11.6 Å². The van der Waals surface area contributed by atoms with Crippen LogP contribution < -0.4 is 10.6 Å². The lowest BCUT2D eigenvalue weighted by Crippen LogP contribution is -2.49. The number of rotatable bonds is 2. The van der Waals surface area contributed by atoms with Gasteiger partial charge in [0.1, 0.15) is 5.54 Å². The van der Waals surface area contributed by atoms with Crippen molar-refractivity contribution in [3.63, 3.8) is 0 Å². The summed E-state index contributed by atoms with van der Waals surface area (Å²) in [6.45, 7) is 0.679. The second-order valence-electron chi connectivity index (χ2n) is 4.81. The zero-order valence-electron chi connectivity index (χ0n) is 10.1. The molecule has 2 aliphatic rings. The van der Waals surface area contributed by atoms with Gasteiger partial charge in [0.2, 0.25) is 5.91 Å². The van der Waals surface area contributed by atoms with Crippen LogP contribution in [-0.4, -0.2) is 51.6 Å². The van der Waals surface area contributed by atoms with Crippen molar-refractivity contribution in [3.05, 3.63) is 18.0 Å². The van der Waals surface area contributed by atoms with Crippen LogP contribution in [0.5, 0.6) is 0 Å². The fraction of sp³-hybridized carbons (Fsp3) is 0.455. The Hall–Kier alpha value is -2.38. The lowest BCUT2D eigenvalue weighted by molar-refractivity contribution is -0.130. The van der Waals surface area contributed by atoms with Crippen LogP contribution in [0.2, 0.25) is 0 Å². The lowest BCUT2D eigenvalue weighted by atomic mass is 9.99. The highest BCUT2D eigenvalue weighted by molar-refractivity contribution is 6.07. The summed E-state index contributed by atoms with van der Waals surface area (Å²) in [6, 6.07) is 1.24. The molecule has 1 unspecified atom stereocenters. The zero-order chi connectivity index (χ0) is 13.5. The van der Waals surface area contributed by atoms with Crippen LogP contribution in [0.1, 0.15) is 12.1 Å². The van der Waals surface area contributed by atoms with Gasteiger partial charge in [-0.05, 0) is 12.5 Å². The Morgan fingerprint density at radius 1 is 1.47 bits per heavy atom. The zero-order valence-corrected chi connectivity index (χ0v) is 10.1. The molecule has 2 saturated heterocycles. The molecule has 2 fully saturated rings. The summed E-state index contributed by atoms with van der Waals surface area (Å²) in [5.41, 5.74) is -0.216. The van der Waals surface area contributed by atoms with Gasteiger partial charge in [0.25, 0.3) is 5.91 Å². The number of nitrogens with one attached hydrogen (secondary N) is 3. The molecule has 100 valence electrons. The summed E-state index contributed by atoms with van der Waals surface area (Å²) in [6.07, 6.45) is 2.24. The van der Waals surface area contributed by atoms with Crippen LogP contribution in [0.15, 0.2) is 12.3 Å². The van der Waals surface area contributed by atoms with Gasteiger partial charge in [0, 0.05) is 18.4 Å². The summed E-state index contributed by atoms with van der Waals surface area (Å²) in [5, 5.41) is 11.3. The number of aromatic nitrogens is 2. The molecule has 2 aliphatic heterocycles. The number of H-pyrrole nitrogens is 1. The SMILES string of the molecule is O=C1NC(=O)C2(CCN(C(=O)Cc3ccn[nH]3)C2)N1. The van der Waals surface area contributed by atoms with Crippen LogP contribution in [0.3, 0.4) is 0 Å². The second-order valence-corrected chi connectivity index (χ2v) is 4.81. The summed E-state index contributed by atoms with van der Waals surface area (Å²) >= 11 is 0. The lowest BCUT2D eigenvalue weighted by Gasteiger charge is -2.20. The third kappa shape index (κ3) is 1.94. The number of urea groups is 1. The van der Waals surface area contributed by atoms with Gasteiger partial charge in [-0.2, -0.15) is 5.10 Å². The van der Waals surface area contributed by atoms with E-state index in [-0.39, 0.29) is 24.8 Å². The molecule has 3 heterocycles. The van der Waals surface area contributed by atoms with Gasteiger partial charge in [-0.25, -0.2) is 4.79 Å². The van der Waals surface area contributed by atoms with Gasteiger partial charge in [-0.3, -0.25) is 20.0 Å². The fourth-order valence-corrected chi connectivity index (χ4v) is 2.50. The van der Waals surface area contributed by atoms with E-state index in [4.69, 9.17) is 0 Å². The van der Waals surface area contributed by atoms with E-state index >= 15 is 0 Å². The molecule has 3 rings (SSSR count). The normalized spacial score (nSPS) is 25.8. The van der Waals surface area contributed by atoms with E-state index in [2.05, 4.69) is 20.8 Å². The predicted octanol–water partition coefficient (Wildman–Crippen LogP) is -1.24. The smallest absolute Gasteiger partial charge is 0.322 e. The van der Waals surface area contributed by atoms with E-state index in [0.717, 1.165) is 5.69 Å². The first-order chi connectivity index (χ1) is 9.09. The van der Waals surface area contributed by atoms with Crippen LogP contribution in [0.25, 0.3) is 0 Å². The van der Waals surface area contributed by atoms with E-state index in [1.54, 1.807) is 17.2 Å². The fourth-order valence-electron chi connectivity index (χ4n) is 2.50. The average Bonchev–Trinajstić information content (AvgIpc) is 3.03. The van der Waals surface area contributed by atoms with Gasteiger partial charge >= 0.3 is 6.03 Å². The Balaban J connectivity index is 1.67. The number of carbonyl (C=O) groups excluding carboxylic acids is 3. The molecular formula is C11H13N5O3. The number of likely N-dealkylation sites (tertiary alicyclic amines) is 1. The van der Waals surface area contributed by atoms with Crippen molar-refractivity contribution in [1.29, 1.82) is 0 Å². The maximum Gasteiger partial charge on any atom is 0.322 e. The number of hydrogen-bond acceptors (Lipinski definition) is 4. The van der Waals surface area contributed by atoms with Crippen molar-refractivity contribution in [2.75, 3.05) is 13.1 Å². The van der Waals surface area contributed by atoms with Crippen LogP contribution >= 0.6 is 0 Å². The molecule has 0 saturated carbocycles. The van der Waals surface area contributed by atoms with E-state index in [9.17, 15) is 14.4 Å². The second kappa shape index (κ2) is 4.08. The summed E-state index contributed by atoms with van der Waals surface area (Å²) in [4.78, 5) is 36.6. The minimum Gasteiger partial charge on any atom is -0.339 e. The molecule has 19 heavy (non-hydrogen) atoms.